The Balaban J connectivity index is 1.26. The Kier molecular flexibility index (Phi) is 6.27. The van der Waals surface area contributed by atoms with Crippen molar-refractivity contribution < 1.29 is 9.47 Å². The molecule has 2 aliphatic rings. The van der Waals surface area contributed by atoms with Gasteiger partial charge in [-0.25, -0.2) is 4.98 Å². The van der Waals surface area contributed by atoms with E-state index < -0.39 is 0 Å². The first kappa shape index (κ1) is 20.6. The molecule has 1 aliphatic carbocycles. The van der Waals surface area contributed by atoms with Crippen molar-refractivity contribution in [3.8, 4) is 22.1 Å². The Hall–Kier alpha value is -2.32. The lowest BCUT2D eigenvalue weighted by molar-refractivity contribution is 0.174. The molecule has 1 aromatic carbocycles. The van der Waals surface area contributed by atoms with Crippen LogP contribution in [0.25, 0.3) is 10.6 Å². The molecule has 0 unspecified atom stereocenters. The van der Waals surface area contributed by atoms with Gasteiger partial charge in [-0.15, -0.1) is 28.1 Å². The highest BCUT2D eigenvalue weighted by Gasteiger charge is 2.20. The number of benzene rings is 1. The zero-order valence-corrected chi connectivity index (χ0v) is 19.1. The third kappa shape index (κ3) is 4.65. The standard InChI is InChI=1S/C23H26N4O2S2/c1-2-10-27-21(11-16-6-4-3-5-7-16)25-26-23(27)31-14-18-13-30-22(24-18)17-8-9-19-20(12-17)29-15-28-19/h2,8-9,12-13,16H,1,3-7,10-11,14-15H2. The number of hydrogen-bond acceptors (Lipinski definition) is 7. The molecule has 3 heterocycles. The van der Waals surface area contributed by atoms with Crippen molar-refractivity contribution >= 4 is 23.1 Å². The summed E-state index contributed by atoms with van der Waals surface area (Å²) in [4.78, 5) is 4.82. The van der Waals surface area contributed by atoms with Crippen LogP contribution >= 0.6 is 23.1 Å². The van der Waals surface area contributed by atoms with Gasteiger partial charge in [-0.2, -0.15) is 0 Å². The van der Waals surface area contributed by atoms with Gasteiger partial charge >= 0.3 is 0 Å². The molecule has 8 heteroatoms. The number of fused-ring (bicyclic) bond motifs is 1. The van der Waals surface area contributed by atoms with E-state index in [-0.39, 0.29) is 6.79 Å². The Morgan fingerprint density at radius 3 is 2.90 bits per heavy atom. The summed E-state index contributed by atoms with van der Waals surface area (Å²) in [6.07, 6.45) is 9.63. The molecule has 1 aliphatic heterocycles. The summed E-state index contributed by atoms with van der Waals surface area (Å²) in [7, 11) is 0. The summed E-state index contributed by atoms with van der Waals surface area (Å²) in [5.41, 5.74) is 2.10. The van der Waals surface area contributed by atoms with Gasteiger partial charge in [0.2, 0.25) is 6.79 Å². The second-order valence-corrected chi connectivity index (χ2v) is 9.81. The molecule has 3 aromatic rings. The minimum absolute atomic E-state index is 0.284. The van der Waals surface area contributed by atoms with Gasteiger partial charge in [-0.05, 0) is 24.1 Å². The number of nitrogens with zero attached hydrogens (tertiary/aromatic N) is 4. The van der Waals surface area contributed by atoms with Crippen LogP contribution in [0, 0.1) is 5.92 Å². The number of hydrogen-bond donors (Lipinski definition) is 0. The fraction of sp³-hybridized carbons (Fsp3) is 0.435. The highest BCUT2D eigenvalue weighted by Crippen LogP contribution is 2.37. The highest BCUT2D eigenvalue weighted by atomic mass is 32.2. The monoisotopic (exact) mass is 454 g/mol. The molecule has 0 amide bonds. The maximum absolute atomic E-state index is 5.49. The van der Waals surface area contributed by atoms with Crippen LogP contribution in [0.4, 0.5) is 0 Å². The van der Waals surface area contributed by atoms with E-state index in [0.717, 1.165) is 63.4 Å². The van der Waals surface area contributed by atoms with Gasteiger partial charge in [-0.3, -0.25) is 0 Å². The Morgan fingerprint density at radius 2 is 2.03 bits per heavy atom. The molecule has 0 saturated heterocycles. The largest absolute Gasteiger partial charge is 0.454 e. The van der Waals surface area contributed by atoms with Crippen LogP contribution < -0.4 is 9.47 Å². The summed E-state index contributed by atoms with van der Waals surface area (Å²) in [5.74, 6) is 4.17. The fourth-order valence-corrected chi connectivity index (χ4v) is 5.99. The minimum Gasteiger partial charge on any atom is -0.454 e. The van der Waals surface area contributed by atoms with E-state index in [1.807, 2.05) is 24.3 Å². The highest BCUT2D eigenvalue weighted by molar-refractivity contribution is 7.98. The lowest BCUT2D eigenvalue weighted by Crippen LogP contribution is -2.13. The first-order valence-electron chi connectivity index (χ1n) is 10.8. The normalized spacial score (nSPS) is 16.0. The van der Waals surface area contributed by atoms with Gasteiger partial charge in [0.25, 0.3) is 0 Å². The molecule has 1 saturated carbocycles. The molecule has 6 nitrogen and oxygen atoms in total. The average molecular weight is 455 g/mol. The van der Waals surface area contributed by atoms with Gasteiger partial charge in [0.05, 0.1) is 5.69 Å². The van der Waals surface area contributed by atoms with E-state index in [9.17, 15) is 0 Å². The molecular formula is C23H26N4O2S2. The van der Waals surface area contributed by atoms with Crippen LogP contribution in [0.1, 0.15) is 43.6 Å². The van der Waals surface area contributed by atoms with Crippen molar-refractivity contribution in [2.45, 2.75) is 56.0 Å². The number of rotatable bonds is 8. The third-order valence-electron chi connectivity index (χ3n) is 5.82. The smallest absolute Gasteiger partial charge is 0.231 e. The molecule has 31 heavy (non-hydrogen) atoms. The van der Waals surface area contributed by atoms with Gasteiger partial charge in [0, 0.05) is 29.7 Å². The maximum Gasteiger partial charge on any atom is 0.231 e. The maximum atomic E-state index is 5.49. The molecular weight excluding hydrogens is 428 g/mol. The summed E-state index contributed by atoms with van der Waals surface area (Å²) in [6, 6.07) is 5.97. The van der Waals surface area contributed by atoms with E-state index in [4.69, 9.17) is 14.5 Å². The summed E-state index contributed by atoms with van der Waals surface area (Å²) in [6.45, 7) is 4.96. The molecule has 0 spiro atoms. The van der Waals surface area contributed by atoms with E-state index in [2.05, 4.69) is 26.7 Å². The minimum atomic E-state index is 0.284. The summed E-state index contributed by atoms with van der Waals surface area (Å²) in [5, 5.41) is 13.1. The predicted molar refractivity (Wildman–Crippen MR) is 124 cm³/mol. The quantitative estimate of drug-likeness (QED) is 0.320. The topological polar surface area (TPSA) is 62.1 Å². The molecule has 2 aromatic heterocycles. The van der Waals surface area contributed by atoms with Gasteiger partial charge < -0.3 is 14.0 Å². The third-order valence-corrected chi connectivity index (χ3v) is 7.76. The second kappa shape index (κ2) is 9.44. The summed E-state index contributed by atoms with van der Waals surface area (Å²) >= 11 is 3.34. The van der Waals surface area contributed by atoms with Crippen molar-refractivity contribution in [2.24, 2.45) is 5.92 Å². The average Bonchev–Trinajstić information content (AvgIpc) is 3.53. The lowest BCUT2D eigenvalue weighted by Gasteiger charge is -2.21. The van der Waals surface area contributed by atoms with Crippen LogP contribution in [0.15, 0.2) is 41.4 Å². The molecule has 5 rings (SSSR count). The van der Waals surface area contributed by atoms with Crippen LogP contribution in [0.2, 0.25) is 0 Å². The zero-order valence-electron chi connectivity index (χ0n) is 17.5. The molecule has 0 bridgehead atoms. The van der Waals surface area contributed by atoms with Crippen LogP contribution in [0.3, 0.4) is 0 Å². The Morgan fingerprint density at radius 1 is 1.16 bits per heavy atom. The Bertz CT molecular complexity index is 1060. The fourth-order valence-electron chi connectivity index (χ4n) is 4.21. The second-order valence-electron chi connectivity index (χ2n) is 8.01. The van der Waals surface area contributed by atoms with Gasteiger partial charge in [0.1, 0.15) is 10.8 Å². The summed E-state index contributed by atoms with van der Waals surface area (Å²) < 4.78 is 13.1. The van der Waals surface area contributed by atoms with Gasteiger partial charge in [-0.1, -0.05) is 49.9 Å². The lowest BCUT2D eigenvalue weighted by atomic mass is 9.87. The molecule has 0 N–H and O–H groups in total. The van der Waals surface area contributed by atoms with E-state index in [0.29, 0.717) is 0 Å². The molecule has 162 valence electrons. The van der Waals surface area contributed by atoms with E-state index in [1.54, 1.807) is 23.1 Å². The van der Waals surface area contributed by atoms with Crippen LogP contribution in [0.5, 0.6) is 11.5 Å². The number of thiazole rings is 1. The van der Waals surface area contributed by atoms with Crippen molar-refractivity contribution in [2.75, 3.05) is 6.79 Å². The molecule has 1 fully saturated rings. The SMILES string of the molecule is C=CCn1c(CC2CCCCC2)nnc1SCc1csc(-c2ccc3c(c2)OCO3)n1. The molecule has 0 radical (unpaired) electrons. The van der Waals surface area contributed by atoms with Crippen molar-refractivity contribution in [1.82, 2.24) is 19.7 Å². The van der Waals surface area contributed by atoms with Crippen molar-refractivity contribution in [1.29, 1.82) is 0 Å². The zero-order chi connectivity index (χ0) is 21.0. The van der Waals surface area contributed by atoms with E-state index >= 15 is 0 Å². The van der Waals surface area contributed by atoms with Crippen molar-refractivity contribution in [3.05, 3.63) is 47.8 Å². The predicted octanol–water partition coefficient (Wildman–Crippen LogP) is 5.73. The first-order valence-corrected chi connectivity index (χ1v) is 12.7. The van der Waals surface area contributed by atoms with Crippen molar-refractivity contribution in [3.63, 3.8) is 0 Å². The first-order chi connectivity index (χ1) is 15.3. The Labute approximate surface area is 190 Å². The van der Waals surface area contributed by atoms with Crippen LogP contribution in [-0.2, 0) is 18.7 Å². The number of ether oxygens (including phenoxy) is 2. The van der Waals surface area contributed by atoms with Crippen LogP contribution in [-0.4, -0.2) is 26.5 Å². The molecule has 0 atom stereocenters. The number of aromatic nitrogens is 4. The van der Waals surface area contributed by atoms with E-state index in [1.165, 1.54) is 32.1 Å². The van der Waals surface area contributed by atoms with Gasteiger partial charge in [0.15, 0.2) is 16.7 Å². The number of allylic oxidation sites excluding steroid dienone is 1. The number of thioether (sulfide) groups is 1.